The smallest absolute Gasteiger partial charge is 0.220 e. The molecule has 1 rings (SSSR count). The zero-order chi connectivity index (χ0) is 16.2. The van der Waals surface area contributed by atoms with Crippen molar-refractivity contribution in [2.24, 2.45) is 11.7 Å². The van der Waals surface area contributed by atoms with Gasteiger partial charge in [0.05, 0.1) is 0 Å². The number of carbonyl (C=O) groups excluding carboxylic acids is 3. The highest BCUT2D eigenvalue weighted by Gasteiger charge is 2.07. The third-order valence-corrected chi connectivity index (χ3v) is 3.37. The predicted molar refractivity (Wildman–Crippen MR) is 84.7 cm³/mol. The highest BCUT2D eigenvalue weighted by molar-refractivity contribution is 5.78. The van der Waals surface area contributed by atoms with Gasteiger partial charge < -0.3 is 16.4 Å². The molecule has 1 aliphatic rings. The first-order chi connectivity index (χ1) is 10.6. The largest absolute Gasteiger partial charge is 0.370 e. The second-order valence-electron chi connectivity index (χ2n) is 5.35. The summed E-state index contributed by atoms with van der Waals surface area (Å²) in [5.41, 5.74) is 4.97. The summed E-state index contributed by atoms with van der Waals surface area (Å²) in [5, 5.41) is 5.41. The first kappa shape index (κ1) is 17.9. The van der Waals surface area contributed by atoms with Gasteiger partial charge in [-0.05, 0) is 25.2 Å². The lowest BCUT2D eigenvalue weighted by molar-refractivity contribution is -0.123. The van der Waals surface area contributed by atoms with Crippen molar-refractivity contribution in [2.75, 3.05) is 13.1 Å². The Balaban J connectivity index is 1.93. The van der Waals surface area contributed by atoms with Gasteiger partial charge in [-0.25, -0.2) is 0 Å². The van der Waals surface area contributed by atoms with Crippen LogP contribution in [0.1, 0.15) is 38.5 Å². The number of allylic oxidation sites excluding steroid dienone is 4. The van der Waals surface area contributed by atoms with Gasteiger partial charge in [0, 0.05) is 32.4 Å². The van der Waals surface area contributed by atoms with Gasteiger partial charge in [-0.3, -0.25) is 14.4 Å². The summed E-state index contributed by atoms with van der Waals surface area (Å²) in [6, 6.07) is 0. The molecule has 1 aliphatic carbocycles. The van der Waals surface area contributed by atoms with Gasteiger partial charge in [-0.2, -0.15) is 0 Å². The summed E-state index contributed by atoms with van der Waals surface area (Å²) in [6.45, 7) is 0.760. The molecule has 0 aromatic rings. The molecule has 0 spiro atoms. The third-order valence-electron chi connectivity index (χ3n) is 3.37. The number of hydrogen-bond acceptors (Lipinski definition) is 3. The molecule has 6 heteroatoms. The average Bonchev–Trinajstić information content (AvgIpc) is 2.96. The first-order valence-electron chi connectivity index (χ1n) is 7.74. The Kier molecular flexibility index (Phi) is 8.64. The van der Waals surface area contributed by atoms with Crippen LogP contribution in [0.3, 0.4) is 0 Å². The van der Waals surface area contributed by atoms with Gasteiger partial charge in [0.1, 0.15) is 0 Å². The van der Waals surface area contributed by atoms with Crippen molar-refractivity contribution in [1.82, 2.24) is 10.6 Å². The maximum absolute atomic E-state index is 11.6. The minimum absolute atomic E-state index is 0.0279. The number of hydrogen-bond donors (Lipinski definition) is 3. The molecule has 4 N–H and O–H groups in total. The molecule has 0 saturated heterocycles. The lowest BCUT2D eigenvalue weighted by Gasteiger charge is -2.07. The van der Waals surface area contributed by atoms with Crippen LogP contribution in [0, 0.1) is 5.92 Å². The van der Waals surface area contributed by atoms with Crippen LogP contribution in [0.15, 0.2) is 24.3 Å². The van der Waals surface area contributed by atoms with E-state index in [2.05, 4.69) is 22.8 Å². The van der Waals surface area contributed by atoms with E-state index in [4.69, 9.17) is 5.73 Å². The summed E-state index contributed by atoms with van der Waals surface area (Å²) < 4.78 is 0. The second-order valence-corrected chi connectivity index (χ2v) is 5.35. The number of carbonyl (C=O) groups is 3. The molecule has 3 amide bonds. The number of nitrogens with two attached hydrogens (primary N) is 1. The van der Waals surface area contributed by atoms with E-state index in [-0.39, 0.29) is 24.8 Å². The lowest BCUT2D eigenvalue weighted by Crippen LogP contribution is -2.29. The van der Waals surface area contributed by atoms with Crippen LogP contribution in [0.25, 0.3) is 0 Å². The van der Waals surface area contributed by atoms with E-state index < -0.39 is 5.91 Å². The fourth-order valence-corrected chi connectivity index (χ4v) is 2.15. The Morgan fingerprint density at radius 2 is 1.45 bits per heavy atom. The van der Waals surface area contributed by atoms with Gasteiger partial charge >= 0.3 is 0 Å². The average molecular weight is 307 g/mol. The van der Waals surface area contributed by atoms with Crippen LogP contribution in [0.5, 0.6) is 0 Å². The predicted octanol–water partition coefficient (Wildman–Crippen LogP) is 0.787. The van der Waals surface area contributed by atoms with Gasteiger partial charge in [0.2, 0.25) is 17.7 Å². The van der Waals surface area contributed by atoms with Gasteiger partial charge in [-0.1, -0.05) is 24.3 Å². The Labute approximate surface area is 131 Å². The quantitative estimate of drug-likeness (QED) is 0.492. The van der Waals surface area contributed by atoms with Crippen LogP contribution < -0.4 is 16.4 Å². The zero-order valence-electron chi connectivity index (χ0n) is 12.8. The Morgan fingerprint density at radius 3 is 2.09 bits per heavy atom. The Hall–Kier alpha value is -2.11. The molecule has 22 heavy (non-hydrogen) atoms. The molecule has 0 bridgehead atoms. The van der Waals surface area contributed by atoms with Crippen molar-refractivity contribution in [3.05, 3.63) is 24.3 Å². The number of rotatable bonds is 11. The van der Waals surface area contributed by atoms with Crippen LogP contribution in [-0.2, 0) is 14.4 Å². The Morgan fingerprint density at radius 1 is 0.864 bits per heavy atom. The van der Waals surface area contributed by atoms with Crippen molar-refractivity contribution >= 4 is 17.7 Å². The standard InChI is InChI=1S/C16H25N3O3/c17-14(20)10-12-19-16(22)9-4-11-18-15(21)8-3-7-13-5-1-2-6-13/h1-2,5-6,13H,3-4,7-12H2,(H2,17,20)(H,18,21)(H,19,22). The number of amides is 3. The van der Waals surface area contributed by atoms with E-state index in [1.807, 2.05) is 12.2 Å². The molecule has 6 nitrogen and oxygen atoms in total. The summed E-state index contributed by atoms with van der Waals surface area (Å²) >= 11 is 0. The maximum atomic E-state index is 11.6. The van der Waals surface area contributed by atoms with Crippen LogP contribution in [0.4, 0.5) is 0 Å². The van der Waals surface area contributed by atoms with Crippen LogP contribution in [-0.4, -0.2) is 30.8 Å². The van der Waals surface area contributed by atoms with Crippen LogP contribution >= 0.6 is 0 Å². The number of primary amides is 1. The van der Waals surface area contributed by atoms with Crippen molar-refractivity contribution < 1.29 is 14.4 Å². The molecular weight excluding hydrogens is 282 g/mol. The van der Waals surface area contributed by atoms with Crippen molar-refractivity contribution in [2.45, 2.75) is 38.5 Å². The minimum Gasteiger partial charge on any atom is -0.370 e. The normalized spacial score (nSPS) is 13.3. The molecule has 0 radical (unpaired) electrons. The molecule has 0 aromatic carbocycles. The monoisotopic (exact) mass is 307 g/mol. The highest BCUT2D eigenvalue weighted by atomic mass is 16.2. The first-order valence-corrected chi connectivity index (χ1v) is 7.74. The molecule has 0 heterocycles. The van der Waals surface area contributed by atoms with Crippen molar-refractivity contribution in [3.8, 4) is 0 Å². The molecular formula is C16H25N3O3. The number of nitrogens with one attached hydrogen (secondary N) is 2. The fraction of sp³-hybridized carbons (Fsp3) is 0.562. The zero-order valence-corrected chi connectivity index (χ0v) is 12.8. The third kappa shape index (κ3) is 8.94. The molecule has 0 unspecified atom stereocenters. The van der Waals surface area contributed by atoms with E-state index in [9.17, 15) is 14.4 Å². The fourth-order valence-electron chi connectivity index (χ4n) is 2.15. The van der Waals surface area contributed by atoms with Gasteiger partial charge in [0.15, 0.2) is 0 Å². The topological polar surface area (TPSA) is 101 Å². The SMILES string of the molecule is NC(=O)CCNC(=O)CCCNC(=O)CCCC1C=CC=C1. The molecule has 0 aliphatic heterocycles. The molecule has 122 valence electrons. The summed E-state index contributed by atoms with van der Waals surface area (Å²) in [4.78, 5) is 33.5. The van der Waals surface area contributed by atoms with E-state index in [1.54, 1.807) is 0 Å². The molecule has 0 atom stereocenters. The second kappa shape index (κ2) is 10.6. The summed E-state index contributed by atoms with van der Waals surface area (Å²) in [7, 11) is 0. The lowest BCUT2D eigenvalue weighted by atomic mass is 10.0. The summed E-state index contributed by atoms with van der Waals surface area (Å²) in [5.74, 6) is -0.0663. The molecule has 0 saturated carbocycles. The van der Waals surface area contributed by atoms with E-state index in [1.165, 1.54) is 0 Å². The van der Waals surface area contributed by atoms with Crippen molar-refractivity contribution in [1.29, 1.82) is 0 Å². The van der Waals surface area contributed by atoms with E-state index in [0.717, 1.165) is 12.8 Å². The Bertz CT molecular complexity index is 432. The van der Waals surface area contributed by atoms with Crippen LogP contribution in [0.2, 0.25) is 0 Å². The van der Waals surface area contributed by atoms with E-state index in [0.29, 0.717) is 31.7 Å². The molecule has 0 fully saturated rings. The van der Waals surface area contributed by atoms with Gasteiger partial charge in [0.25, 0.3) is 0 Å². The highest BCUT2D eigenvalue weighted by Crippen LogP contribution is 2.15. The van der Waals surface area contributed by atoms with Crippen molar-refractivity contribution in [3.63, 3.8) is 0 Å². The molecule has 0 aromatic heterocycles. The van der Waals surface area contributed by atoms with Gasteiger partial charge in [-0.15, -0.1) is 0 Å². The maximum Gasteiger partial charge on any atom is 0.220 e. The van der Waals surface area contributed by atoms with E-state index >= 15 is 0 Å². The minimum atomic E-state index is -0.434. The summed E-state index contributed by atoms with van der Waals surface area (Å²) in [6.07, 6.45) is 11.7.